The number of hydrogen-bond acceptors (Lipinski definition) is 1. The quantitative estimate of drug-likeness (QED) is 0.868. The summed E-state index contributed by atoms with van der Waals surface area (Å²) in [7, 11) is 0. The second-order valence-corrected chi connectivity index (χ2v) is 4.05. The monoisotopic (exact) mass is 253 g/mol. The largest absolute Gasteiger partial charge is 0.320 e. The predicted octanol–water partition coefficient (Wildman–Crippen LogP) is 3.67. The van der Waals surface area contributed by atoms with Crippen LogP contribution in [0.4, 0.5) is 8.78 Å². The van der Waals surface area contributed by atoms with Gasteiger partial charge in [0.1, 0.15) is 0 Å². The Hall–Kier alpha value is -1.45. The zero-order valence-electron chi connectivity index (χ0n) is 8.83. The van der Waals surface area contributed by atoms with Crippen molar-refractivity contribution in [1.82, 2.24) is 0 Å². The van der Waals surface area contributed by atoms with Crippen LogP contribution in [-0.2, 0) is 0 Å². The molecular weight excluding hydrogens is 244 g/mol. The summed E-state index contributed by atoms with van der Waals surface area (Å²) < 4.78 is 26.7. The van der Waals surface area contributed by atoms with Crippen molar-refractivity contribution in [1.29, 1.82) is 0 Å². The average molecular weight is 254 g/mol. The van der Waals surface area contributed by atoms with Gasteiger partial charge in [0.2, 0.25) is 0 Å². The Labute approximate surface area is 103 Å². The molecule has 0 amide bonds. The first-order valence-electron chi connectivity index (χ1n) is 5.05. The van der Waals surface area contributed by atoms with Crippen LogP contribution in [-0.4, -0.2) is 0 Å². The molecule has 0 saturated carbocycles. The Morgan fingerprint density at radius 1 is 0.941 bits per heavy atom. The van der Waals surface area contributed by atoms with Crippen LogP contribution in [0, 0.1) is 11.6 Å². The number of hydrogen-bond donors (Lipinski definition) is 1. The highest BCUT2D eigenvalue weighted by Crippen LogP contribution is 2.28. The van der Waals surface area contributed by atoms with Gasteiger partial charge in [-0.05, 0) is 17.7 Å². The van der Waals surface area contributed by atoms with Gasteiger partial charge in [-0.25, -0.2) is 8.78 Å². The lowest BCUT2D eigenvalue weighted by Crippen LogP contribution is -2.14. The van der Waals surface area contributed by atoms with Crippen molar-refractivity contribution < 1.29 is 8.78 Å². The maximum atomic E-state index is 13.6. The van der Waals surface area contributed by atoms with Gasteiger partial charge in [0.05, 0.1) is 6.04 Å². The zero-order chi connectivity index (χ0) is 12.4. The highest BCUT2D eigenvalue weighted by molar-refractivity contribution is 6.31. The van der Waals surface area contributed by atoms with E-state index < -0.39 is 17.7 Å². The maximum absolute atomic E-state index is 13.6. The summed E-state index contributed by atoms with van der Waals surface area (Å²) in [4.78, 5) is 0. The first kappa shape index (κ1) is 12.0. The van der Waals surface area contributed by atoms with E-state index in [2.05, 4.69) is 0 Å². The Kier molecular flexibility index (Phi) is 3.41. The lowest BCUT2D eigenvalue weighted by molar-refractivity contribution is 0.494. The minimum Gasteiger partial charge on any atom is -0.320 e. The van der Waals surface area contributed by atoms with E-state index in [0.29, 0.717) is 10.6 Å². The van der Waals surface area contributed by atoms with E-state index in [0.717, 1.165) is 6.07 Å². The van der Waals surface area contributed by atoms with Gasteiger partial charge in [0, 0.05) is 10.6 Å². The summed E-state index contributed by atoms with van der Waals surface area (Å²) in [5, 5.41) is 0.434. The van der Waals surface area contributed by atoms with Crippen molar-refractivity contribution in [3.63, 3.8) is 0 Å². The van der Waals surface area contributed by atoms with E-state index in [1.807, 2.05) is 0 Å². The SMILES string of the molecule is NC(c1ccccc1Cl)c1cccc(F)c1F. The van der Waals surface area contributed by atoms with Crippen molar-refractivity contribution in [3.8, 4) is 0 Å². The van der Waals surface area contributed by atoms with E-state index in [1.54, 1.807) is 24.3 Å². The molecule has 0 aliphatic rings. The van der Waals surface area contributed by atoms with Gasteiger partial charge in [-0.15, -0.1) is 0 Å². The van der Waals surface area contributed by atoms with Crippen LogP contribution in [0.1, 0.15) is 17.2 Å². The Bertz CT molecular complexity index is 543. The van der Waals surface area contributed by atoms with Gasteiger partial charge >= 0.3 is 0 Å². The molecule has 0 radical (unpaired) electrons. The highest BCUT2D eigenvalue weighted by Gasteiger charge is 2.17. The minimum atomic E-state index is -0.931. The molecule has 4 heteroatoms. The average Bonchev–Trinajstić information content (AvgIpc) is 2.32. The van der Waals surface area contributed by atoms with Crippen molar-refractivity contribution in [3.05, 3.63) is 70.2 Å². The van der Waals surface area contributed by atoms with E-state index in [9.17, 15) is 8.78 Å². The normalized spacial score (nSPS) is 12.5. The van der Waals surface area contributed by atoms with Crippen LogP contribution >= 0.6 is 11.6 Å². The summed E-state index contributed by atoms with van der Waals surface area (Å²) >= 11 is 5.96. The molecular formula is C13H10ClF2N. The molecule has 1 atom stereocenters. The molecule has 1 nitrogen and oxygen atoms in total. The molecule has 0 aliphatic heterocycles. The van der Waals surface area contributed by atoms with Crippen LogP contribution in [0.5, 0.6) is 0 Å². The maximum Gasteiger partial charge on any atom is 0.163 e. The highest BCUT2D eigenvalue weighted by atomic mass is 35.5. The molecule has 0 aliphatic carbocycles. The third-order valence-electron chi connectivity index (χ3n) is 2.56. The van der Waals surface area contributed by atoms with Gasteiger partial charge in [-0.2, -0.15) is 0 Å². The summed E-state index contributed by atoms with van der Waals surface area (Å²) in [6.07, 6.45) is 0. The number of benzene rings is 2. The van der Waals surface area contributed by atoms with Crippen LogP contribution < -0.4 is 5.73 Å². The molecule has 0 bridgehead atoms. The second-order valence-electron chi connectivity index (χ2n) is 3.64. The van der Waals surface area contributed by atoms with E-state index in [-0.39, 0.29) is 5.56 Å². The summed E-state index contributed by atoms with van der Waals surface area (Å²) in [6, 6.07) is 10.00. The molecule has 1 unspecified atom stereocenters. The first-order chi connectivity index (χ1) is 8.11. The molecule has 0 heterocycles. The smallest absolute Gasteiger partial charge is 0.163 e. The zero-order valence-corrected chi connectivity index (χ0v) is 9.59. The standard InChI is InChI=1S/C13H10ClF2N/c14-10-6-2-1-4-8(10)13(17)9-5-3-7-11(15)12(9)16/h1-7,13H,17H2. The summed E-state index contributed by atoms with van der Waals surface area (Å²) in [5.41, 5.74) is 6.56. The van der Waals surface area contributed by atoms with Gasteiger partial charge in [0.15, 0.2) is 11.6 Å². The Balaban J connectivity index is 2.48. The number of rotatable bonds is 2. The molecule has 0 spiro atoms. The summed E-state index contributed by atoms with van der Waals surface area (Å²) in [5.74, 6) is -1.84. The van der Waals surface area contributed by atoms with Gasteiger partial charge < -0.3 is 5.73 Å². The molecule has 2 rings (SSSR count). The van der Waals surface area contributed by atoms with Crippen molar-refractivity contribution in [2.24, 2.45) is 5.73 Å². The second kappa shape index (κ2) is 4.82. The fourth-order valence-electron chi connectivity index (χ4n) is 1.66. The third-order valence-corrected chi connectivity index (χ3v) is 2.90. The van der Waals surface area contributed by atoms with Crippen LogP contribution in [0.15, 0.2) is 42.5 Å². The molecule has 0 fully saturated rings. The van der Waals surface area contributed by atoms with E-state index in [1.165, 1.54) is 12.1 Å². The lowest BCUT2D eigenvalue weighted by atomic mass is 9.99. The van der Waals surface area contributed by atoms with Crippen LogP contribution in [0.3, 0.4) is 0 Å². The topological polar surface area (TPSA) is 26.0 Å². The predicted molar refractivity (Wildman–Crippen MR) is 63.8 cm³/mol. The minimum absolute atomic E-state index is 0.0955. The fraction of sp³-hybridized carbons (Fsp3) is 0.0769. The van der Waals surface area contributed by atoms with E-state index >= 15 is 0 Å². The molecule has 2 N–H and O–H groups in total. The lowest BCUT2D eigenvalue weighted by Gasteiger charge is -2.15. The fourth-order valence-corrected chi connectivity index (χ4v) is 1.91. The first-order valence-corrected chi connectivity index (χ1v) is 5.43. The molecule has 17 heavy (non-hydrogen) atoms. The summed E-state index contributed by atoms with van der Waals surface area (Å²) in [6.45, 7) is 0. The Morgan fingerprint density at radius 2 is 1.59 bits per heavy atom. The van der Waals surface area contributed by atoms with Crippen LogP contribution in [0.25, 0.3) is 0 Å². The van der Waals surface area contributed by atoms with E-state index in [4.69, 9.17) is 17.3 Å². The molecule has 0 aromatic heterocycles. The van der Waals surface area contributed by atoms with Gasteiger partial charge in [-0.3, -0.25) is 0 Å². The molecule has 2 aromatic carbocycles. The molecule has 2 aromatic rings. The van der Waals surface area contributed by atoms with Crippen molar-refractivity contribution in [2.45, 2.75) is 6.04 Å². The number of halogens is 3. The van der Waals surface area contributed by atoms with Crippen molar-refractivity contribution in [2.75, 3.05) is 0 Å². The van der Waals surface area contributed by atoms with Crippen molar-refractivity contribution >= 4 is 11.6 Å². The third kappa shape index (κ3) is 2.30. The van der Waals surface area contributed by atoms with Gasteiger partial charge in [-0.1, -0.05) is 41.9 Å². The number of nitrogens with two attached hydrogens (primary N) is 1. The van der Waals surface area contributed by atoms with Gasteiger partial charge in [0.25, 0.3) is 0 Å². The molecule has 88 valence electrons. The Morgan fingerprint density at radius 3 is 2.29 bits per heavy atom. The van der Waals surface area contributed by atoms with Crippen LogP contribution in [0.2, 0.25) is 5.02 Å². The molecule has 0 saturated heterocycles.